The third-order valence-electron chi connectivity index (χ3n) is 5.83. The highest BCUT2D eigenvalue weighted by Gasteiger charge is 2.28. The first-order valence-corrected chi connectivity index (χ1v) is 10.6. The summed E-state index contributed by atoms with van der Waals surface area (Å²) in [7, 11) is 1.85. The minimum absolute atomic E-state index is 0.0718. The zero-order valence-electron chi connectivity index (χ0n) is 17.2. The molecule has 0 spiro atoms. The monoisotopic (exact) mass is 429 g/mol. The van der Waals surface area contributed by atoms with E-state index in [2.05, 4.69) is 15.0 Å². The van der Waals surface area contributed by atoms with Crippen LogP contribution in [0.5, 0.6) is 0 Å². The van der Waals surface area contributed by atoms with Crippen molar-refractivity contribution in [2.45, 2.75) is 26.2 Å². The number of rotatable bonds is 5. The first-order chi connectivity index (χ1) is 14.5. The normalized spacial score (nSPS) is 15.0. The summed E-state index contributed by atoms with van der Waals surface area (Å²) in [6.07, 6.45) is 3.65. The first kappa shape index (κ1) is 20.6. The SMILES string of the molecule is CCc1ncnc(N(C)CC2CCN(C(=O)c3[nH]c4ccccc4c3Cl)CC2)c1F. The Labute approximate surface area is 180 Å². The van der Waals surface area contributed by atoms with Gasteiger partial charge in [-0.15, -0.1) is 0 Å². The van der Waals surface area contributed by atoms with E-state index in [4.69, 9.17) is 11.6 Å². The van der Waals surface area contributed by atoms with E-state index in [-0.39, 0.29) is 11.7 Å². The second-order valence-electron chi connectivity index (χ2n) is 7.79. The number of carbonyl (C=O) groups is 1. The van der Waals surface area contributed by atoms with E-state index in [0.29, 0.717) is 54.2 Å². The molecule has 0 bridgehead atoms. The van der Waals surface area contributed by atoms with Gasteiger partial charge in [0.15, 0.2) is 11.6 Å². The summed E-state index contributed by atoms with van der Waals surface area (Å²) < 4.78 is 14.5. The van der Waals surface area contributed by atoms with Gasteiger partial charge in [0, 0.05) is 37.6 Å². The smallest absolute Gasteiger partial charge is 0.271 e. The third kappa shape index (κ3) is 3.86. The molecule has 1 fully saturated rings. The molecule has 1 amide bonds. The average molecular weight is 430 g/mol. The number of H-pyrrole nitrogens is 1. The molecular weight excluding hydrogens is 405 g/mol. The number of nitrogens with zero attached hydrogens (tertiary/aromatic N) is 4. The summed E-state index contributed by atoms with van der Waals surface area (Å²) in [6, 6.07) is 7.64. The van der Waals surface area contributed by atoms with Crippen molar-refractivity contribution in [2.75, 3.05) is 31.6 Å². The number of halogens is 2. The zero-order chi connectivity index (χ0) is 21.3. The van der Waals surface area contributed by atoms with Crippen molar-refractivity contribution >= 4 is 34.2 Å². The highest BCUT2D eigenvalue weighted by molar-refractivity contribution is 6.38. The van der Waals surface area contributed by atoms with Crippen molar-refractivity contribution in [3.8, 4) is 0 Å². The van der Waals surface area contributed by atoms with Crippen LogP contribution in [0.3, 0.4) is 0 Å². The molecule has 1 N–H and O–H groups in total. The van der Waals surface area contributed by atoms with Crippen LogP contribution in [0.1, 0.15) is 35.9 Å². The van der Waals surface area contributed by atoms with Gasteiger partial charge in [-0.2, -0.15) is 0 Å². The summed E-state index contributed by atoms with van der Waals surface area (Å²) in [5.41, 5.74) is 1.74. The lowest BCUT2D eigenvalue weighted by Crippen LogP contribution is -2.41. The molecule has 4 rings (SSSR count). The fourth-order valence-electron chi connectivity index (χ4n) is 4.11. The largest absolute Gasteiger partial charge is 0.357 e. The molecule has 0 saturated carbocycles. The van der Waals surface area contributed by atoms with Crippen molar-refractivity contribution in [3.63, 3.8) is 0 Å². The fraction of sp³-hybridized carbons (Fsp3) is 0.409. The number of aryl methyl sites for hydroxylation is 1. The summed E-state index contributed by atoms with van der Waals surface area (Å²) in [6.45, 7) is 3.86. The van der Waals surface area contributed by atoms with Crippen LogP contribution in [0.15, 0.2) is 30.6 Å². The number of para-hydroxylation sites is 1. The van der Waals surface area contributed by atoms with Gasteiger partial charge in [-0.05, 0) is 31.2 Å². The third-order valence-corrected chi connectivity index (χ3v) is 6.22. The Bertz CT molecular complexity index is 1060. The number of amides is 1. The molecule has 6 nitrogen and oxygen atoms in total. The zero-order valence-corrected chi connectivity index (χ0v) is 17.9. The lowest BCUT2D eigenvalue weighted by Gasteiger charge is -2.34. The van der Waals surface area contributed by atoms with E-state index in [1.54, 1.807) is 0 Å². The number of hydrogen-bond donors (Lipinski definition) is 1. The maximum atomic E-state index is 14.5. The van der Waals surface area contributed by atoms with Crippen LogP contribution in [0.25, 0.3) is 10.9 Å². The van der Waals surface area contributed by atoms with Gasteiger partial charge in [0.25, 0.3) is 5.91 Å². The average Bonchev–Trinajstić information content (AvgIpc) is 3.10. The number of likely N-dealkylation sites (tertiary alicyclic amines) is 1. The molecule has 1 aliphatic rings. The van der Waals surface area contributed by atoms with Gasteiger partial charge < -0.3 is 14.8 Å². The minimum atomic E-state index is -0.344. The highest BCUT2D eigenvalue weighted by atomic mass is 35.5. The molecule has 0 unspecified atom stereocenters. The van der Waals surface area contributed by atoms with Crippen LogP contribution in [0.4, 0.5) is 10.2 Å². The van der Waals surface area contributed by atoms with E-state index >= 15 is 0 Å². The van der Waals surface area contributed by atoms with Gasteiger partial charge >= 0.3 is 0 Å². The fourth-order valence-corrected chi connectivity index (χ4v) is 4.41. The van der Waals surface area contributed by atoms with Crippen LogP contribution in [0, 0.1) is 11.7 Å². The number of anilines is 1. The quantitative estimate of drug-likeness (QED) is 0.656. The second-order valence-corrected chi connectivity index (χ2v) is 8.17. The van der Waals surface area contributed by atoms with Gasteiger partial charge in [0.2, 0.25) is 0 Å². The minimum Gasteiger partial charge on any atom is -0.357 e. The summed E-state index contributed by atoms with van der Waals surface area (Å²) in [4.78, 5) is 28.0. The van der Waals surface area contributed by atoms with Gasteiger partial charge in [-0.3, -0.25) is 4.79 Å². The Kier molecular flexibility index (Phi) is 5.90. The lowest BCUT2D eigenvalue weighted by molar-refractivity contribution is 0.0688. The van der Waals surface area contributed by atoms with Crippen molar-refractivity contribution in [1.82, 2.24) is 19.9 Å². The lowest BCUT2D eigenvalue weighted by atomic mass is 9.96. The van der Waals surface area contributed by atoms with E-state index in [9.17, 15) is 9.18 Å². The number of nitrogens with one attached hydrogen (secondary N) is 1. The number of aromatic amines is 1. The first-order valence-electron chi connectivity index (χ1n) is 10.3. The molecular formula is C22H25ClFN5O. The Morgan fingerprint density at radius 2 is 2.03 bits per heavy atom. The van der Waals surface area contributed by atoms with Gasteiger partial charge in [-0.25, -0.2) is 14.4 Å². The topological polar surface area (TPSA) is 65.1 Å². The second kappa shape index (κ2) is 8.60. The molecule has 1 saturated heterocycles. The molecule has 30 heavy (non-hydrogen) atoms. The van der Waals surface area contributed by atoms with E-state index in [0.717, 1.165) is 23.7 Å². The van der Waals surface area contributed by atoms with Gasteiger partial charge in [0.1, 0.15) is 12.0 Å². The molecule has 3 heterocycles. The van der Waals surface area contributed by atoms with Crippen molar-refractivity contribution in [3.05, 3.63) is 52.8 Å². The van der Waals surface area contributed by atoms with E-state index in [1.807, 2.05) is 48.0 Å². The number of hydrogen-bond acceptors (Lipinski definition) is 4. The maximum absolute atomic E-state index is 14.5. The molecule has 0 radical (unpaired) electrons. The summed E-state index contributed by atoms with van der Waals surface area (Å²) in [5, 5.41) is 1.33. The number of piperidine rings is 1. The number of benzene rings is 1. The van der Waals surface area contributed by atoms with E-state index < -0.39 is 0 Å². The maximum Gasteiger partial charge on any atom is 0.271 e. The van der Waals surface area contributed by atoms with Crippen molar-refractivity contribution < 1.29 is 9.18 Å². The number of carbonyl (C=O) groups excluding carboxylic acids is 1. The van der Waals surface area contributed by atoms with Crippen molar-refractivity contribution in [1.29, 1.82) is 0 Å². The van der Waals surface area contributed by atoms with Crippen molar-refractivity contribution in [2.24, 2.45) is 5.92 Å². The molecule has 2 aromatic heterocycles. The molecule has 0 atom stereocenters. The Morgan fingerprint density at radius 1 is 1.30 bits per heavy atom. The number of aromatic nitrogens is 3. The van der Waals surface area contributed by atoms with Gasteiger partial charge in [-0.1, -0.05) is 36.7 Å². The highest BCUT2D eigenvalue weighted by Crippen LogP contribution is 2.29. The Morgan fingerprint density at radius 3 is 2.73 bits per heavy atom. The van der Waals surface area contributed by atoms with Crippen LogP contribution in [0.2, 0.25) is 5.02 Å². The standard InChI is InChI=1S/C22H25ClFN5O/c1-3-16-19(24)21(26-13-25-16)28(2)12-14-8-10-29(11-9-14)22(30)20-18(23)15-6-4-5-7-17(15)27-20/h4-7,13-14,27H,3,8-12H2,1-2H3. The van der Waals surface area contributed by atoms with Crippen LogP contribution in [-0.2, 0) is 6.42 Å². The Hall–Kier alpha value is -2.67. The molecule has 3 aromatic rings. The number of fused-ring (bicyclic) bond motifs is 1. The molecule has 1 aromatic carbocycles. The van der Waals surface area contributed by atoms with Crippen LogP contribution in [-0.4, -0.2) is 52.4 Å². The summed E-state index contributed by atoms with van der Waals surface area (Å²) in [5.74, 6) is 0.280. The Balaban J connectivity index is 1.39. The van der Waals surface area contributed by atoms with Gasteiger partial charge in [0.05, 0.1) is 10.7 Å². The predicted molar refractivity (Wildman–Crippen MR) is 117 cm³/mol. The molecule has 158 valence electrons. The van der Waals surface area contributed by atoms with E-state index in [1.165, 1.54) is 6.33 Å². The van der Waals surface area contributed by atoms with Crippen LogP contribution >= 0.6 is 11.6 Å². The van der Waals surface area contributed by atoms with Crippen LogP contribution < -0.4 is 4.90 Å². The molecule has 8 heteroatoms. The molecule has 1 aliphatic heterocycles. The summed E-state index contributed by atoms with van der Waals surface area (Å²) >= 11 is 6.44. The molecule has 0 aliphatic carbocycles. The predicted octanol–water partition coefficient (Wildman–Crippen LogP) is 4.30.